The third-order valence-electron chi connectivity index (χ3n) is 4.97. The van der Waals surface area contributed by atoms with Crippen LogP contribution < -0.4 is 0 Å². The summed E-state index contributed by atoms with van der Waals surface area (Å²) in [6.07, 6.45) is -0.453. The lowest BCUT2D eigenvalue weighted by atomic mass is 10.2. The van der Waals surface area contributed by atoms with Gasteiger partial charge in [0.2, 0.25) is 10.0 Å². The van der Waals surface area contributed by atoms with E-state index in [1.165, 1.54) is 8.72 Å². The van der Waals surface area contributed by atoms with Crippen molar-refractivity contribution in [1.29, 1.82) is 0 Å². The molecule has 3 atom stereocenters. The van der Waals surface area contributed by atoms with Crippen LogP contribution in [0.1, 0.15) is 11.1 Å². The maximum atomic E-state index is 12.9. The van der Waals surface area contributed by atoms with Crippen LogP contribution in [0.5, 0.6) is 0 Å². The standard InChI is InChI=1S/C18H21N3O4S2/c1-14-3-7-16(8-4-14)26(22,23)19-11-12-20-18(13-19)21(20)27(24,25)17-9-5-15(2)6-10-17/h3-10,18H,11-13H2,1-2H3. The zero-order valence-electron chi connectivity index (χ0n) is 15.1. The zero-order valence-corrected chi connectivity index (χ0v) is 16.7. The van der Waals surface area contributed by atoms with E-state index < -0.39 is 26.2 Å². The molecule has 0 bridgehead atoms. The van der Waals surface area contributed by atoms with E-state index in [-0.39, 0.29) is 22.9 Å². The topological polar surface area (TPSA) is 77.5 Å². The number of benzene rings is 2. The number of aryl methyl sites for hydroxylation is 2. The summed E-state index contributed by atoms with van der Waals surface area (Å²) in [5.41, 5.74) is 1.96. The molecule has 0 radical (unpaired) electrons. The number of fused-ring (bicyclic) bond motifs is 1. The molecule has 4 rings (SSSR count). The van der Waals surface area contributed by atoms with Crippen LogP contribution in [0.3, 0.4) is 0 Å². The van der Waals surface area contributed by atoms with E-state index in [1.54, 1.807) is 53.5 Å². The Balaban J connectivity index is 1.54. The average molecular weight is 408 g/mol. The summed E-state index contributed by atoms with van der Waals surface area (Å²) in [7, 11) is -7.31. The quantitative estimate of drug-likeness (QED) is 0.719. The normalized spacial score (nSPS) is 25.8. The van der Waals surface area contributed by atoms with Crippen molar-refractivity contribution in [2.45, 2.75) is 29.8 Å². The van der Waals surface area contributed by atoms with Gasteiger partial charge in [-0.05, 0) is 38.1 Å². The van der Waals surface area contributed by atoms with E-state index in [1.807, 2.05) is 13.8 Å². The predicted octanol–water partition coefficient (Wildman–Crippen LogP) is 1.56. The molecule has 3 unspecified atom stereocenters. The number of rotatable bonds is 4. The molecule has 2 aliphatic rings. The van der Waals surface area contributed by atoms with Crippen molar-refractivity contribution < 1.29 is 16.8 Å². The lowest BCUT2D eigenvalue weighted by Gasteiger charge is -2.24. The van der Waals surface area contributed by atoms with E-state index >= 15 is 0 Å². The van der Waals surface area contributed by atoms with Gasteiger partial charge in [-0.1, -0.05) is 35.4 Å². The van der Waals surface area contributed by atoms with Crippen molar-refractivity contribution >= 4 is 20.0 Å². The fraction of sp³-hybridized carbons (Fsp3) is 0.333. The van der Waals surface area contributed by atoms with Crippen molar-refractivity contribution in [3.63, 3.8) is 0 Å². The maximum absolute atomic E-state index is 12.9. The van der Waals surface area contributed by atoms with Gasteiger partial charge in [0.15, 0.2) is 0 Å². The van der Waals surface area contributed by atoms with E-state index in [4.69, 9.17) is 0 Å². The summed E-state index contributed by atoms with van der Waals surface area (Å²) in [6.45, 7) is 4.52. The molecule has 2 aromatic carbocycles. The minimum absolute atomic E-state index is 0.126. The van der Waals surface area contributed by atoms with Crippen LogP contribution in [0.2, 0.25) is 0 Å². The first-order valence-corrected chi connectivity index (χ1v) is 11.5. The molecule has 0 saturated carbocycles. The van der Waals surface area contributed by atoms with Crippen LogP contribution in [0, 0.1) is 13.8 Å². The van der Waals surface area contributed by atoms with Crippen LogP contribution in [0.15, 0.2) is 58.3 Å². The minimum atomic E-state index is -3.67. The second kappa shape index (κ2) is 6.39. The summed E-state index contributed by atoms with van der Waals surface area (Å²) in [5.74, 6) is 0. The third-order valence-corrected chi connectivity index (χ3v) is 8.66. The fourth-order valence-corrected chi connectivity index (χ4v) is 6.37. The first-order chi connectivity index (χ1) is 12.7. The highest BCUT2D eigenvalue weighted by Crippen LogP contribution is 2.38. The summed E-state index contributed by atoms with van der Waals surface area (Å²) in [6, 6.07) is 13.4. The predicted molar refractivity (Wildman–Crippen MR) is 101 cm³/mol. The Morgan fingerprint density at radius 2 is 1.22 bits per heavy atom. The molecular formula is C18H21N3O4S2. The van der Waals surface area contributed by atoms with Gasteiger partial charge in [0.25, 0.3) is 10.0 Å². The second-order valence-corrected chi connectivity index (χ2v) is 10.6. The molecule has 2 heterocycles. The molecule has 2 aromatic rings. The van der Waals surface area contributed by atoms with Gasteiger partial charge >= 0.3 is 0 Å². The summed E-state index contributed by atoms with van der Waals surface area (Å²) in [4.78, 5) is 0.450. The highest BCUT2D eigenvalue weighted by molar-refractivity contribution is 7.89. The molecular weight excluding hydrogens is 386 g/mol. The van der Waals surface area contributed by atoms with E-state index in [9.17, 15) is 16.8 Å². The Morgan fingerprint density at radius 1 is 0.741 bits per heavy atom. The number of hydrazine groups is 1. The van der Waals surface area contributed by atoms with Gasteiger partial charge in [0, 0.05) is 19.6 Å². The Kier molecular flexibility index (Phi) is 4.39. The summed E-state index contributed by atoms with van der Waals surface area (Å²) >= 11 is 0. The Morgan fingerprint density at radius 3 is 1.74 bits per heavy atom. The molecule has 0 spiro atoms. The zero-order chi connectivity index (χ0) is 19.4. The molecule has 7 nitrogen and oxygen atoms in total. The average Bonchev–Trinajstić information content (AvgIpc) is 3.37. The van der Waals surface area contributed by atoms with Gasteiger partial charge in [-0.3, -0.25) is 0 Å². The monoisotopic (exact) mass is 407 g/mol. The van der Waals surface area contributed by atoms with Gasteiger partial charge in [0.1, 0.15) is 6.17 Å². The van der Waals surface area contributed by atoms with Crippen LogP contribution >= 0.6 is 0 Å². The van der Waals surface area contributed by atoms with Crippen molar-refractivity contribution in [1.82, 2.24) is 13.7 Å². The number of sulfonamides is 2. The van der Waals surface area contributed by atoms with Crippen LogP contribution in [0.25, 0.3) is 0 Å². The summed E-state index contributed by atoms with van der Waals surface area (Å²) in [5, 5.41) is 1.70. The number of piperazine rings is 1. The van der Waals surface area contributed by atoms with Gasteiger partial charge in [-0.25, -0.2) is 21.8 Å². The number of hydrogen-bond donors (Lipinski definition) is 0. The van der Waals surface area contributed by atoms with Gasteiger partial charge in [-0.2, -0.15) is 4.31 Å². The third kappa shape index (κ3) is 3.19. The van der Waals surface area contributed by atoms with Gasteiger partial charge in [-0.15, -0.1) is 4.41 Å². The Bertz CT molecular complexity index is 991. The molecule has 27 heavy (non-hydrogen) atoms. The SMILES string of the molecule is Cc1ccc(S(=O)(=O)N2CCN3C(C2)N3S(=O)(=O)c2ccc(C)cc2)cc1. The van der Waals surface area contributed by atoms with E-state index in [0.29, 0.717) is 6.54 Å². The lowest BCUT2D eigenvalue weighted by Crippen LogP contribution is -2.42. The van der Waals surface area contributed by atoms with Crippen LogP contribution in [-0.2, 0) is 20.0 Å². The number of nitrogens with zero attached hydrogens (tertiary/aromatic N) is 3. The Labute approximate surface area is 159 Å². The van der Waals surface area contributed by atoms with Crippen molar-refractivity contribution in [3.8, 4) is 0 Å². The minimum Gasteiger partial charge on any atom is -0.207 e. The largest absolute Gasteiger partial charge is 0.257 e. The molecule has 2 fully saturated rings. The van der Waals surface area contributed by atoms with Crippen LogP contribution in [-0.4, -0.2) is 56.4 Å². The highest BCUT2D eigenvalue weighted by Gasteiger charge is 2.57. The lowest BCUT2D eigenvalue weighted by molar-refractivity contribution is 0.295. The van der Waals surface area contributed by atoms with Crippen molar-refractivity contribution in [3.05, 3.63) is 59.7 Å². The van der Waals surface area contributed by atoms with E-state index in [2.05, 4.69) is 0 Å². The van der Waals surface area contributed by atoms with Crippen molar-refractivity contribution in [2.75, 3.05) is 19.6 Å². The fourth-order valence-electron chi connectivity index (χ4n) is 3.32. The van der Waals surface area contributed by atoms with Crippen LogP contribution in [0.4, 0.5) is 0 Å². The molecule has 0 aromatic heterocycles. The molecule has 2 aliphatic heterocycles. The molecule has 9 heteroatoms. The molecule has 0 aliphatic carbocycles. The highest BCUT2D eigenvalue weighted by atomic mass is 32.2. The summed E-state index contributed by atoms with van der Waals surface area (Å²) < 4.78 is 54.1. The van der Waals surface area contributed by atoms with Gasteiger partial charge < -0.3 is 0 Å². The molecule has 144 valence electrons. The maximum Gasteiger partial charge on any atom is 0.257 e. The first kappa shape index (κ1) is 18.6. The Hall–Kier alpha value is -1.78. The number of hydrogen-bond acceptors (Lipinski definition) is 5. The second-order valence-electron chi connectivity index (χ2n) is 6.91. The molecule has 0 N–H and O–H groups in total. The smallest absolute Gasteiger partial charge is 0.207 e. The van der Waals surface area contributed by atoms with Gasteiger partial charge in [0.05, 0.1) is 9.79 Å². The van der Waals surface area contributed by atoms with Crippen molar-refractivity contribution in [2.24, 2.45) is 0 Å². The first-order valence-electron chi connectivity index (χ1n) is 8.66. The molecule has 2 saturated heterocycles. The molecule has 0 amide bonds. The van der Waals surface area contributed by atoms with E-state index in [0.717, 1.165) is 11.1 Å².